The highest BCUT2D eigenvalue weighted by atomic mass is 35.5. The first-order chi connectivity index (χ1) is 8.85. The summed E-state index contributed by atoms with van der Waals surface area (Å²) in [6.07, 6.45) is 2.73. The Bertz CT molecular complexity index is 531. The molecule has 0 bridgehead atoms. The van der Waals surface area contributed by atoms with Crippen molar-refractivity contribution in [3.63, 3.8) is 0 Å². The van der Waals surface area contributed by atoms with E-state index in [2.05, 4.69) is 15.0 Å². The summed E-state index contributed by atoms with van der Waals surface area (Å²) in [4.78, 5) is 15.2. The predicted molar refractivity (Wildman–Crippen MR) is 76.9 cm³/mol. The highest BCUT2D eigenvalue weighted by Gasteiger charge is 2.18. The third-order valence-electron chi connectivity index (χ3n) is 2.43. The van der Waals surface area contributed by atoms with Crippen LogP contribution in [-0.2, 0) is 21.9 Å². The van der Waals surface area contributed by atoms with Crippen molar-refractivity contribution in [1.82, 2.24) is 19.6 Å². The van der Waals surface area contributed by atoms with Crippen LogP contribution >= 0.6 is 12.4 Å². The van der Waals surface area contributed by atoms with Gasteiger partial charge >= 0.3 is 0 Å². The minimum Gasteiger partial charge on any atom is -0.355 e. The summed E-state index contributed by atoms with van der Waals surface area (Å²) >= 11 is 0. The number of halogens is 1. The fraction of sp³-hybridized carbons (Fsp3) is 0.600. The summed E-state index contributed by atoms with van der Waals surface area (Å²) in [6, 6.07) is 0. The molecule has 10 heteroatoms. The first-order valence-corrected chi connectivity index (χ1v) is 7.28. The average Bonchev–Trinajstić information content (AvgIpc) is 2.81. The summed E-state index contributed by atoms with van der Waals surface area (Å²) in [7, 11) is -2.09. The van der Waals surface area contributed by atoms with E-state index in [4.69, 9.17) is 5.73 Å². The van der Waals surface area contributed by atoms with Crippen molar-refractivity contribution in [1.29, 1.82) is 0 Å². The van der Waals surface area contributed by atoms with E-state index in [1.54, 1.807) is 7.05 Å². The standard InChI is InChI=1S/C10H19N5O3S.ClH/c1-8(3-11)4-12-9(16)5-14-19(17,18)10-6-15(2)7-13-10;/h6-8,14H,3-5,11H2,1-2H3,(H,12,16);1H. The van der Waals surface area contributed by atoms with Gasteiger partial charge in [-0.15, -0.1) is 12.4 Å². The molecule has 20 heavy (non-hydrogen) atoms. The van der Waals surface area contributed by atoms with Crippen molar-refractivity contribution in [2.45, 2.75) is 11.9 Å². The number of carbonyl (C=O) groups excluding carboxylic acids is 1. The molecule has 0 saturated heterocycles. The maximum Gasteiger partial charge on any atom is 0.260 e. The lowest BCUT2D eigenvalue weighted by atomic mass is 10.2. The zero-order valence-electron chi connectivity index (χ0n) is 11.4. The Morgan fingerprint density at radius 1 is 1.55 bits per heavy atom. The van der Waals surface area contributed by atoms with Gasteiger partial charge in [0.05, 0.1) is 12.9 Å². The maximum absolute atomic E-state index is 11.8. The molecule has 1 unspecified atom stereocenters. The molecule has 1 heterocycles. The van der Waals surface area contributed by atoms with E-state index in [9.17, 15) is 13.2 Å². The first kappa shape index (κ1) is 18.8. The van der Waals surface area contributed by atoms with E-state index in [-0.39, 0.29) is 29.9 Å². The van der Waals surface area contributed by atoms with E-state index in [1.807, 2.05) is 6.92 Å². The number of nitrogens with one attached hydrogen (secondary N) is 2. The molecule has 0 fully saturated rings. The van der Waals surface area contributed by atoms with Crippen molar-refractivity contribution in [2.75, 3.05) is 19.6 Å². The van der Waals surface area contributed by atoms with Gasteiger partial charge in [-0.25, -0.2) is 18.1 Å². The number of nitrogens with zero attached hydrogens (tertiary/aromatic N) is 2. The fourth-order valence-electron chi connectivity index (χ4n) is 1.20. The monoisotopic (exact) mass is 325 g/mol. The SMILES string of the molecule is CC(CN)CNC(=O)CNS(=O)(=O)c1cn(C)cn1.Cl. The number of aryl methyl sites for hydroxylation is 1. The molecule has 4 N–H and O–H groups in total. The van der Waals surface area contributed by atoms with Gasteiger partial charge in [-0.2, -0.15) is 0 Å². The van der Waals surface area contributed by atoms with Crippen LogP contribution in [0.2, 0.25) is 0 Å². The maximum atomic E-state index is 11.8. The van der Waals surface area contributed by atoms with Crippen LogP contribution in [0.5, 0.6) is 0 Å². The largest absolute Gasteiger partial charge is 0.355 e. The van der Waals surface area contributed by atoms with Crippen LogP contribution in [0.15, 0.2) is 17.6 Å². The van der Waals surface area contributed by atoms with Crippen molar-refractivity contribution < 1.29 is 13.2 Å². The number of imidazole rings is 1. The molecule has 1 rings (SSSR count). The van der Waals surface area contributed by atoms with Gasteiger partial charge in [0.1, 0.15) is 0 Å². The predicted octanol–water partition coefficient (Wildman–Crippen LogP) is -1.17. The lowest BCUT2D eigenvalue weighted by Crippen LogP contribution is -2.39. The Kier molecular flexibility index (Phi) is 7.72. The average molecular weight is 326 g/mol. The van der Waals surface area contributed by atoms with Crippen molar-refractivity contribution in [2.24, 2.45) is 18.7 Å². The Labute approximate surface area is 124 Å². The van der Waals surface area contributed by atoms with Crippen molar-refractivity contribution in [3.8, 4) is 0 Å². The van der Waals surface area contributed by atoms with Gasteiger partial charge in [-0.3, -0.25) is 4.79 Å². The number of sulfonamides is 1. The molecule has 8 nitrogen and oxygen atoms in total. The lowest BCUT2D eigenvalue weighted by molar-refractivity contribution is -0.120. The topological polar surface area (TPSA) is 119 Å². The summed E-state index contributed by atoms with van der Waals surface area (Å²) in [5, 5.41) is 2.48. The van der Waals surface area contributed by atoms with E-state index in [1.165, 1.54) is 17.1 Å². The normalized spacial score (nSPS) is 12.6. The van der Waals surface area contributed by atoms with Crippen LogP contribution in [0, 0.1) is 5.92 Å². The summed E-state index contributed by atoms with van der Waals surface area (Å²) in [6.45, 7) is 2.44. The van der Waals surface area contributed by atoms with Crippen molar-refractivity contribution in [3.05, 3.63) is 12.5 Å². The zero-order valence-corrected chi connectivity index (χ0v) is 13.0. The van der Waals surface area contributed by atoms with E-state index < -0.39 is 15.9 Å². The number of carbonyl (C=O) groups is 1. The Balaban J connectivity index is 0.00000361. The van der Waals surface area contributed by atoms with Gasteiger partial charge in [-0.1, -0.05) is 6.92 Å². The van der Waals surface area contributed by atoms with Crippen LogP contribution in [0.1, 0.15) is 6.92 Å². The minimum absolute atomic E-state index is 0. The number of hydrogen-bond acceptors (Lipinski definition) is 5. The molecule has 0 radical (unpaired) electrons. The number of nitrogens with two attached hydrogens (primary N) is 1. The third kappa shape index (κ3) is 5.87. The molecular formula is C10H20ClN5O3S. The molecule has 0 aliphatic heterocycles. The van der Waals surface area contributed by atoms with Crippen LogP contribution in [0.4, 0.5) is 0 Å². The summed E-state index contributed by atoms with van der Waals surface area (Å²) in [5.41, 5.74) is 5.41. The quantitative estimate of drug-likeness (QED) is 0.583. The highest BCUT2D eigenvalue weighted by molar-refractivity contribution is 7.89. The van der Waals surface area contributed by atoms with Crippen LogP contribution in [0.3, 0.4) is 0 Å². The number of aromatic nitrogens is 2. The second-order valence-electron chi connectivity index (χ2n) is 4.35. The Hall–Kier alpha value is -1.16. The molecule has 0 aliphatic carbocycles. The van der Waals surface area contributed by atoms with Gasteiger partial charge in [0, 0.05) is 19.8 Å². The molecule has 1 amide bonds. The molecule has 116 valence electrons. The van der Waals surface area contributed by atoms with Gasteiger partial charge in [-0.05, 0) is 12.5 Å². The summed E-state index contributed by atoms with van der Waals surface area (Å²) < 4.78 is 27.2. The van der Waals surface area contributed by atoms with Crippen molar-refractivity contribution >= 4 is 28.3 Å². The Morgan fingerprint density at radius 2 is 2.20 bits per heavy atom. The molecule has 0 aromatic carbocycles. The lowest BCUT2D eigenvalue weighted by Gasteiger charge is -2.10. The van der Waals surface area contributed by atoms with Crippen LogP contribution < -0.4 is 15.8 Å². The van der Waals surface area contributed by atoms with Crippen LogP contribution in [0.25, 0.3) is 0 Å². The number of hydrogen-bond donors (Lipinski definition) is 3. The fourth-order valence-corrected chi connectivity index (χ4v) is 2.16. The summed E-state index contributed by atoms with van der Waals surface area (Å²) in [5.74, 6) is -0.254. The molecule has 0 aliphatic rings. The van der Waals surface area contributed by atoms with E-state index in [0.29, 0.717) is 13.1 Å². The molecule has 1 aromatic heterocycles. The van der Waals surface area contributed by atoms with Gasteiger partial charge in [0.25, 0.3) is 10.0 Å². The van der Waals surface area contributed by atoms with Gasteiger partial charge in [0.2, 0.25) is 5.91 Å². The number of rotatable bonds is 7. The highest BCUT2D eigenvalue weighted by Crippen LogP contribution is 2.02. The molecule has 1 aromatic rings. The van der Waals surface area contributed by atoms with Crippen LogP contribution in [-0.4, -0.2) is 43.5 Å². The van der Waals surface area contributed by atoms with E-state index >= 15 is 0 Å². The zero-order chi connectivity index (χ0) is 14.5. The third-order valence-corrected chi connectivity index (χ3v) is 3.72. The van der Waals surface area contributed by atoms with E-state index in [0.717, 1.165) is 0 Å². The first-order valence-electron chi connectivity index (χ1n) is 5.79. The van der Waals surface area contributed by atoms with Gasteiger partial charge in [0.15, 0.2) is 5.03 Å². The molecule has 0 spiro atoms. The molecule has 0 saturated carbocycles. The number of amides is 1. The molecule has 1 atom stereocenters. The minimum atomic E-state index is -3.75. The molecular weight excluding hydrogens is 306 g/mol. The smallest absolute Gasteiger partial charge is 0.260 e. The van der Waals surface area contributed by atoms with Gasteiger partial charge < -0.3 is 15.6 Å². The Morgan fingerprint density at radius 3 is 2.70 bits per heavy atom. The second kappa shape index (κ2) is 8.20. The second-order valence-corrected chi connectivity index (χ2v) is 6.06.